The summed E-state index contributed by atoms with van der Waals surface area (Å²) in [5, 5.41) is 9.62. The molecule has 0 aliphatic carbocycles. The summed E-state index contributed by atoms with van der Waals surface area (Å²) in [7, 11) is 0. The number of nitrogens with zero attached hydrogens (tertiary/aromatic N) is 2. The first-order valence-electron chi connectivity index (χ1n) is 9.16. The first-order chi connectivity index (χ1) is 14.1. The zero-order chi connectivity index (χ0) is 20.2. The number of benzene rings is 3. The number of aryl methyl sites for hydroxylation is 1. The fourth-order valence-corrected chi connectivity index (χ4v) is 3.01. The molecule has 0 spiro atoms. The molecule has 3 aromatic carbocycles. The van der Waals surface area contributed by atoms with Gasteiger partial charge in [0.25, 0.3) is 0 Å². The number of rotatable bonds is 5. The fourth-order valence-electron chi connectivity index (χ4n) is 3.01. The number of ether oxygens (including phenoxy) is 1. The number of nitrogens with one attached hydrogen (secondary N) is 1. The monoisotopic (exact) mass is 383 g/mol. The molecule has 4 rings (SSSR count). The van der Waals surface area contributed by atoms with Gasteiger partial charge in [-0.25, -0.2) is 9.37 Å². The number of fused-ring (bicyclic) bond motifs is 1. The van der Waals surface area contributed by atoms with Gasteiger partial charge >= 0.3 is 0 Å². The van der Waals surface area contributed by atoms with Crippen LogP contribution in [-0.2, 0) is 6.61 Å². The maximum atomic E-state index is 13.0. The van der Waals surface area contributed by atoms with Gasteiger partial charge in [0.1, 0.15) is 30.1 Å². The van der Waals surface area contributed by atoms with E-state index in [9.17, 15) is 9.65 Å². The summed E-state index contributed by atoms with van der Waals surface area (Å²) in [4.78, 5) is 7.73. The van der Waals surface area contributed by atoms with E-state index in [1.54, 1.807) is 18.2 Å². The van der Waals surface area contributed by atoms with Gasteiger partial charge in [-0.05, 0) is 66.1 Å². The molecular formula is C24H18FN3O. The Bertz CT molecular complexity index is 1230. The summed E-state index contributed by atoms with van der Waals surface area (Å²) < 4.78 is 18.8. The molecule has 5 heteroatoms. The number of hydrogen-bond donors (Lipinski definition) is 1. The maximum Gasteiger partial charge on any atom is 0.149 e. The molecule has 4 aromatic rings. The summed E-state index contributed by atoms with van der Waals surface area (Å²) in [5.41, 5.74) is 4.99. The zero-order valence-corrected chi connectivity index (χ0v) is 15.8. The number of imidazole rings is 1. The second-order valence-electron chi connectivity index (χ2n) is 6.76. The Kier molecular flexibility index (Phi) is 5.08. The SMILES string of the molecule is Cc1ccc2nc(/C(C#N)=C/c3cccc(OCc4ccc(F)cc4)c3)[nH]c2c1. The van der Waals surface area contributed by atoms with E-state index in [0.29, 0.717) is 23.8 Å². The number of halogens is 1. The average Bonchev–Trinajstić information content (AvgIpc) is 3.15. The number of H-pyrrole nitrogens is 1. The van der Waals surface area contributed by atoms with Crippen LogP contribution in [0, 0.1) is 24.1 Å². The largest absolute Gasteiger partial charge is 0.489 e. The number of hydrogen-bond acceptors (Lipinski definition) is 3. The third-order valence-electron chi connectivity index (χ3n) is 4.50. The molecule has 0 saturated carbocycles. The van der Waals surface area contributed by atoms with Crippen molar-refractivity contribution < 1.29 is 9.13 Å². The van der Waals surface area contributed by atoms with Crippen LogP contribution in [-0.4, -0.2) is 9.97 Å². The van der Waals surface area contributed by atoms with E-state index < -0.39 is 0 Å². The van der Waals surface area contributed by atoms with Crippen LogP contribution in [0.3, 0.4) is 0 Å². The topological polar surface area (TPSA) is 61.7 Å². The highest BCUT2D eigenvalue weighted by atomic mass is 19.1. The Balaban J connectivity index is 1.56. The lowest BCUT2D eigenvalue weighted by atomic mass is 10.1. The molecule has 142 valence electrons. The molecule has 0 bridgehead atoms. The number of allylic oxidation sites excluding steroid dienone is 1. The van der Waals surface area contributed by atoms with Crippen molar-refractivity contribution in [3.05, 3.63) is 95.1 Å². The molecule has 4 nitrogen and oxygen atoms in total. The van der Waals surface area contributed by atoms with Crippen molar-refractivity contribution in [3.8, 4) is 11.8 Å². The van der Waals surface area contributed by atoms with Gasteiger partial charge in [-0.1, -0.05) is 30.3 Å². The van der Waals surface area contributed by atoms with Crippen molar-refractivity contribution in [1.82, 2.24) is 9.97 Å². The first kappa shape index (κ1) is 18.5. The van der Waals surface area contributed by atoms with Gasteiger partial charge in [0.05, 0.1) is 16.6 Å². The predicted octanol–water partition coefficient (Wildman–Crippen LogP) is 5.65. The highest BCUT2D eigenvalue weighted by Crippen LogP contribution is 2.22. The van der Waals surface area contributed by atoms with Crippen LogP contribution in [0.1, 0.15) is 22.5 Å². The van der Waals surface area contributed by atoms with Gasteiger partial charge in [0.2, 0.25) is 0 Å². The molecule has 0 amide bonds. The summed E-state index contributed by atoms with van der Waals surface area (Å²) >= 11 is 0. The minimum Gasteiger partial charge on any atom is -0.489 e. The van der Waals surface area contributed by atoms with E-state index in [2.05, 4.69) is 16.0 Å². The standard InChI is InChI=1S/C24H18FN3O/c1-16-5-10-22-23(11-16)28-24(27-22)19(14-26)12-18-3-2-4-21(13-18)29-15-17-6-8-20(25)9-7-17/h2-13H,15H2,1H3,(H,27,28)/b19-12+. The van der Waals surface area contributed by atoms with Crippen molar-refractivity contribution >= 4 is 22.7 Å². The summed E-state index contributed by atoms with van der Waals surface area (Å²) in [6.45, 7) is 2.35. The van der Waals surface area contributed by atoms with Gasteiger partial charge in [-0.2, -0.15) is 5.26 Å². The first-order valence-corrected chi connectivity index (χ1v) is 9.16. The van der Waals surface area contributed by atoms with Crippen LogP contribution >= 0.6 is 0 Å². The van der Waals surface area contributed by atoms with E-state index in [1.165, 1.54) is 12.1 Å². The second kappa shape index (κ2) is 7.99. The molecule has 0 aliphatic heterocycles. The van der Waals surface area contributed by atoms with Crippen LogP contribution in [0.2, 0.25) is 0 Å². The molecule has 1 aromatic heterocycles. The third-order valence-corrected chi connectivity index (χ3v) is 4.50. The van der Waals surface area contributed by atoms with Gasteiger partial charge in [-0.3, -0.25) is 0 Å². The van der Waals surface area contributed by atoms with Crippen LogP contribution in [0.5, 0.6) is 5.75 Å². The molecule has 1 N–H and O–H groups in total. The van der Waals surface area contributed by atoms with Crippen molar-refractivity contribution in [2.24, 2.45) is 0 Å². The van der Waals surface area contributed by atoms with E-state index in [1.807, 2.05) is 49.4 Å². The molecule has 0 saturated heterocycles. The molecule has 29 heavy (non-hydrogen) atoms. The molecule has 0 aliphatic rings. The Hall–Kier alpha value is -3.91. The lowest BCUT2D eigenvalue weighted by Crippen LogP contribution is -1.95. The number of aromatic amines is 1. The fraction of sp³-hybridized carbons (Fsp3) is 0.0833. The third kappa shape index (κ3) is 4.33. The number of aromatic nitrogens is 2. The molecular weight excluding hydrogens is 365 g/mol. The Morgan fingerprint density at radius 1 is 1.14 bits per heavy atom. The molecule has 0 atom stereocenters. The second-order valence-corrected chi connectivity index (χ2v) is 6.76. The van der Waals surface area contributed by atoms with Crippen LogP contribution < -0.4 is 4.74 Å². The molecule has 0 fully saturated rings. The smallest absolute Gasteiger partial charge is 0.149 e. The van der Waals surface area contributed by atoms with Crippen LogP contribution in [0.25, 0.3) is 22.7 Å². The van der Waals surface area contributed by atoms with Gasteiger partial charge in [0, 0.05) is 0 Å². The summed E-state index contributed by atoms with van der Waals surface area (Å²) in [5.74, 6) is 0.928. The Morgan fingerprint density at radius 2 is 1.97 bits per heavy atom. The van der Waals surface area contributed by atoms with Crippen LogP contribution in [0.4, 0.5) is 4.39 Å². The van der Waals surface area contributed by atoms with Gasteiger partial charge < -0.3 is 9.72 Å². The lowest BCUT2D eigenvalue weighted by Gasteiger charge is -2.07. The lowest BCUT2D eigenvalue weighted by molar-refractivity contribution is 0.306. The highest BCUT2D eigenvalue weighted by molar-refractivity contribution is 5.90. The molecule has 1 heterocycles. The highest BCUT2D eigenvalue weighted by Gasteiger charge is 2.08. The Morgan fingerprint density at radius 3 is 2.76 bits per heavy atom. The van der Waals surface area contributed by atoms with E-state index >= 15 is 0 Å². The van der Waals surface area contributed by atoms with E-state index in [4.69, 9.17) is 4.74 Å². The Labute approximate surface area is 167 Å². The van der Waals surface area contributed by atoms with E-state index in [-0.39, 0.29) is 5.82 Å². The van der Waals surface area contributed by atoms with Gasteiger partial charge in [-0.15, -0.1) is 0 Å². The van der Waals surface area contributed by atoms with E-state index in [0.717, 1.165) is 27.7 Å². The van der Waals surface area contributed by atoms with Crippen molar-refractivity contribution in [2.75, 3.05) is 0 Å². The summed E-state index contributed by atoms with van der Waals surface area (Å²) in [6, 6.07) is 21.8. The minimum absolute atomic E-state index is 0.273. The zero-order valence-electron chi connectivity index (χ0n) is 15.8. The molecule has 0 radical (unpaired) electrons. The normalized spacial score (nSPS) is 11.4. The van der Waals surface area contributed by atoms with Crippen molar-refractivity contribution in [3.63, 3.8) is 0 Å². The number of nitriles is 1. The summed E-state index contributed by atoms with van der Waals surface area (Å²) in [6.07, 6.45) is 1.77. The molecule has 0 unspecified atom stereocenters. The quantitative estimate of drug-likeness (QED) is 0.453. The van der Waals surface area contributed by atoms with Crippen molar-refractivity contribution in [2.45, 2.75) is 13.5 Å². The predicted molar refractivity (Wildman–Crippen MR) is 111 cm³/mol. The minimum atomic E-state index is -0.273. The van der Waals surface area contributed by atoms with Gasteiger partial charge in [0.15, 0.2) is 0 Å². The average molecular weight is 383 g/mol. The van der Waals surface area contributed by atoms with Crippen molar-refractivity contribution in [1.29, 1.82) is 5.26 Å². The maximum absolute atomic E-state index is 13.0. The van der Waals surface area contributed by atoms with Crippen LogP contribution in [0.15, 0.2) is 66.7 Å².